The Morgan fingerprint density at radius 1 is 0.957 bits per heavy atom. The number of benzene rings is 1. The van der Waals surface area contributed by atoms with Crippen molar-refractivity contribution in [2.75, 3.05) is 7.11 Å². The molecule has 23 heavy (non-hydrogen) atoms. The van der Waals surface area contributed by atoms with Crippen LogP contribution in [0.5, 0.6) is 23.0 Å². The summed E-state index contributed by atoms with van der Waals surface area (Å²) in [4.78, 5) is 34.3. The lowest BCUT2D eigenvalue weighted by Gasteiger charge is -2.17. The van der Waals surface area contributed by atoms with Crippen LogP contribution in [0.4, 0.5) is 0 Å². The predicted molar refractivity (Wildman–Crippen MR) is 88.8 cm³/mol. The Morgan fingerprint density at radius 2 is 1.52 bits per heavy atom. The number of esters is 3. The van der Waals surface area contributed by atoms with E-state index in [0.717, 1.165) is 0 Å². The molecule has 0 aromatic heterocycles. The maximum Gasteiger partial charge on any atom is 0.338 e. The van der Waals surface area contributed by atoms with Crippen LogP contribution in [-0.4, -0.2) is 25.0 Å². The van der Waals surface area contributed by atoms with E-state index in [1.807, 2.05) is 0 Å². The molecule has 0 amide bonds. The standard InChI is InChI=1S/C15H15IO7/c1-7(2)15(19)23-13-11(20-5)6-10(21-8(3)17)12(16)14(13)22-9(4)18/h6H,1H2,2-5H3. The molecule has 0 bridgehead atoms. The highest BCUT2D eigenvalue weighted by atomic mass is 127. The minimum atomic E-state index is -0.715. The lowest BCUT2D eigenvalue weighted by molar-refractivity contribution is -0.134. The van der Waals surface area contributed by atoms with Gasteiger partial charge in [-0.05, 0) is 29.5 Å². The van der Waals surface area contributed by atoms with Crippen molar-refractivity contribution in [3.05, 3.63) is 21.8 Å². The number of halogens is 1. The highest BCUT2D eigenvalue weighted by molar-refractivity contribution is 14.1. The van der Waals surface area contributed by atoms with Crippen molar-refractivity contribution in [1.82, 2.24) is 0 Å². The largest absolute Gasteiger partial charge is 0.493 e. The van der Waals surface area contributed by atoms with E-state index in [4.69, 9.17) is 18.9 Å². The van der Waals surface area contributed by atoms with E-state index in [1.165, 1.54) is 33.9 Å². The predicted octanol–water partition coefficient (Wildman–Crippen LogP) is 2.63. The molecule has 0 fully saturated rings. The third-order valence-electron chi connectivity index (χ3n) is 2.37. The first kappa shape index (κ1) is 18.9. The van der Waals surface area contributed by atoms with Gasteiger partial charge in [-0.1, -0.05) is 6.58 Å². The second kappa shape index (κ2) is 7.95. The fourth-order valence-electron chi connectivity index (χ4n) is 1.46. The number of hydrogen-bond acceptors (Lipinski definition) is 7. The van der Waals surface area contributed by atoms with Gasteiger partial charge in [0.05, 0.1) is 7.11 Å². The van der Waals surface area contributed by atoms with Gasteiger partial charge in [-0.25, -0.2) is 4.79 Å². The van der Waals surface area contributed by atoms with Gasteiger partial charge < -0.3 is 18.9 Å². The van der Waals surface area contributed by atoms with Gasteiger partial charge >= 0.3 is 17.9 Å². The lowest BCUT2D eigenvalue weighted by Crippen LogP contribution is -2.13. The summed E-state index contributed by atoms with van der Waals surface area (Å²) in [6.07, 6.45) is 0. The van der Waals surface area contributed by atoms with Crippen molar-refractivity contribution in [3.63, 3.8) is 0 Å². The molecule has 0 saturated carbocycles. The third-order valence-corrected chi connectivity index (χ3v) is 3.39. The molecule has 0 atom stereocenters. The molecule has 0 N–H and O–H groups in total. The molecule has 8 heteroatoms. The van der Waals surface area contributed by atoms with Gasteiger partial charge in [-0.15, -0.1) is 0 Å². The average molecular weight is 434 g/mol. The molecular formula is C15H15IO7. The molecule has 0 spiro atoms. The van der Waals surface area contributed by atoms with E-state index in [1.54, 1.807) is 22.6 Å². The number of ether oxygens (including phenoxy) is 4. The SMILES string of the molecule is C=C(C)C(=O)Oc1c(OC)cc(OC(C)=O)c(I)c1OC(C)=O. The van der Waals surface area contributed by atoms with Gasteiger partial charge in [0.25, 0.3) is 0 Å². The van der Waals surface area contributed by atoms with Crippen molar-refractivity contribution >= 4 is 40.5 Å². The first-order valence-corrected chi connectivity index (χ1v) is 7.40. The summed E-state index contributed by atoms with van der Waals surface area (Å²) in [5.41, 5.74) is 0.153. The Balaban J connectivity index is 3.53. The van der Waals surface area contributed by atoms with Crippen LogP contribution in [0.3, 0.4) is 0 Å². The Kier molecular flexibility index (Phi) is 6.55. The Morgan fingerprint density at radius 3 is 1.96 bits per heavy atom. The zero-order valence-corrected chi connectivity index (χ0v) is 15.2. The molecule has 1 rings (SSSR count). The van der Waals surface area contributed by atoms with E-state index in [9.17, 15) is 14.4 Å². The molecule has 0 radical (unpaired) electrons. The van der Waals surface area contributed by atoms with E-state index in [-0.39, 0.29) is 32.1 Å². The van der Waals surface area contributed by atoms with E-state index < -0.39 is 17.9 Å². The van der Waals surface area contributed by atoms with Crippen LogP contribution in [0, 0.1) is 3.57 Å². The normalized spacial score (nSPS) is 9.78. The van der Waals surface area contributed by atoms with Crippen molar-refractivity contribution in [2.45, 2.75) is 20.8 Å². The molecule has 7 nitrogen and oxygen atoms in total. The topological polar surface area (TPSA) is 88.1 Å². The summed E-state index contributed by atoms with van der Waals surface area (Å²) in [6, 6.07) is 1.36. The van der Waals surface area contributed by atoms with Gasteiger partial charge in [0.15, 0.2) is 17.2 Å². The van der Waals surface area contributed by atoms with Crippen LogP contribution in [0.1, 0.15) is 20.8 Å². The maximum absolute atomic E-state index is 11.8. The minimum absolute atomic E-state index is 0.0625. The van der Waals surface area contributed by atoms with Crippen molar-refractivity contribution in [3.8, 4) is 23.0 Å². The Bertz CT molecular complexity index is 679. The van der Waals surface area contributed by atoms with Crippen molar-refractivity contribution in [2.24, 2.45) is 0 Å². The smallest absolute Gasteiger partial charge is 0.338 e. The number of carbonyl (C=O) groups excluding carboxylic acids is 3. The minimum Gasteiger partial charge on any atom is -0.493 e. The molecule has 0 aliphatic carbocycles. The highest BCUT2D eigenvalue weighted by Gasteiger charge is 2.25. The summed E-state index contributed by atoms with van der Waals surface area (Å²) in [7, 11) is 1.33. The molecule has 0 unspecified atom stereocenters. The summed E-state index contributed by atoms with van der Waals surface area (Å²) in [5, 5.41) is 0. The van der Waals surface area contributed by atoms with Gasteiger partial charge in [-0.2, -0.15) is 0 Å². The van der Waals surface area contributed by atoms with E-state index in [0.29, 0.717) is 0 Å². The zero-order chi connectivity index (χ0) is 17.7. The maximum atomic E-state index is 11.8. The van der Waals surface area contributed by atoms with Gasteiger partial charge in [-0.3, -0.25) is 9.59 Å². The van der Waals surface area contributed by atoms with Crippen molar-refractivity contribution < 1.29 is 33.3 Å². The first-order valence-electron chi connectivity index (χ1n) is 6.32. The fourth-order valence-corrected chi connectivity index (χ4v) is 2.08. The number of carbonyl (C=O) groups is 3. The second-order valence-electron chi connectivity index (χ2n) is 4.41. The summed E-state index contributed by atoms with van der Waals surface area (Å²) in [5.74, 6) is -1.93. The quantitative estimate of drug-likeness (QED) is 0.305. The molecule has 0 saturated heterocycles. The van der Waals surface area contributed by atoms with Gasteiger partial charge in [0, 0.05) is 25.5 Å². The molecular weight excluding hydrogens is 419 g/mol. The second-order valence-corrected chi connectivity index (χ2v) is 5.49. The summed E-state index contributed by atoms with van der Waals surface area (Å²) < 4.78 is 20.7. The summed E-state index contributed by atoms with van der Waals surface area (Å²) in [6.45, 7) is 7.36. The monoisotopic (exact) mass is 434 g/mol. The number of rotatable bonds is 5. The molecule has 0 aliphatic heterocycles. The van der Waals surface area contributed by atoms with Crippen LogP contribution in [0.15, 0.2) is 18.2 Å². The van der Waals surface area contributed by atoms with Crippen LogP contribution >= 0.6 is 22.6 Å². The van der Waals surface area contributed by atoms with Crippen LogP contribution < -0.4 is 18.9 Å². The first-order chi connectivity index (χ1) is 10.7. The third kappa shape index (κ3) is 4.95. The Labute approximate surface area is 146 Å². The lowest BCUT2D eigenvalue weighted by atomic mass is 10.2. The van der Waals surface area contributed by atoms with Crippen LogP contribution in [-0.2, 0) is 14.4 Å². The van der Waals surface area contributed by atoms with E-state index >= 15 is 0 Å². The van der Waals surface area contributed by atoms with Crippen LogP contribution in [0.25, 0.3) is 0 Å². The molecule has 1 aromatic carbocycles. The molecule has 0 heterocycles. The molecule has 0 aliphatic rings. The number of methoxy groups -OCH3 is 1. The number of hydrogen-bond donors (Lipinski definition) is 0. The van der Waals surface area contributed by atoms with Crippen molar-refractivity contribution in [1.29, 1.82) is 0 Å². The zero-order valence-electron chi connectivity index (χ0n) is 13.0. The average Bonchev–Trinajstić information content (AvgIpc) is 2.44. The van der Waals surface area contributed by atoms with Gasteiger partial charge in [0.1, 0.15) is 3.57 Å². The van der Waals surface area contributed by atoms with E-state index in [2.05, 4.69) is 6.58 Å². The Hall–Kier alpha value is -2.10. The van der Waals surface area contributed by atoms with Gasteiger partial charge in [0.2, 0.25) is 5.75 Å². The highest BCUT2D eigenvalue weighted by Crippen LogP contribution is 2.46. The molecule has 1 aromatic rings. The summed E-state index contributed by atoms with van der Waals surface area (Å²) >= 11 is 1.81. The fraction of sp³-hybridized carbons (Fsp3) is 0.267. The molecule has 124 valence electrons. The van der Waals surface area contributed by atoms with Crippen LogP contribution in [0.2, 0.25) is 0 Å².